The van der Waals surface area contributed by atoms with Crippen molar-refractivity contribution in [2.45, 2.75) is 19.3 Å². The van der Waals surface area contributed by atoms with E-state index < -0.39 is 9.05 Å². The van der Waals surface area contributed by atoms with E-state index in [4.69, 9.17) is 10.7 Å². The van der Waals surface area contributed by atoms with Gasteiger partial charge in [-0.05, 0) is 12.8 Å². The van der Waals surface area contributed by atoms with Gasteiger partial charge < -0.3 is 0 Å². The van der Waals surface area contributed by atoms with Crippen molar-refractivity contribution in [2.24, 2.45) is 4.99 Å². The monoisotopic (exact) mass is 211 g/mol. The van der Waals surface area contributed by atoms with Gasteiger partial charge in [0.15, 0.2) is 0 Å². The minimum absolute atomic E-state index is 0.0145. The first kappa shape index (κ1) is 11.6. The van der Waals surface area contributed by atoms with E-state index in [1.807, 2.05) is 0 Å². The van der Waals surface area contributed by atoms with E-state index in [1.54, 1.807) is 0 Å². The van der Waals surface area contributed by atoms with Crippen molar-refractivity contribution in [1.29, 1.82) is 0 Å². The smallest absolute Gasteiger partial charge is 0.212 e. The minimum atomic E-state index is -3.35. The van der Waals surface area contributed by atoms with Crippen molar-refractivity contribution in [3.05, 3.63) is 0 Å². The summed E-state index contributed by atoms with van der Waals surface area (Å²) in [7, 11) is 1.61. The van der Waals surface area contributed by atoms with Crippen LogP contribution in [-0.4, -0.2) is 26.8 Å². The average Bonchev–Trinajstić information content (AvgIpc) is 1.94. The predicted molar refractivity (Wildman–Crippen MR) is 46.5 cm³/mol. The van der Waals surface area contributed by atoms with Crippen LogP contribution in [0.15, 0.2) is 4.99 Å². The molecule has 0 aromatic heterocycles. The third kappa shape index (κ3) is 9.62. The van der Waals surface area contributed by atoms with Gasteiger partial charge in [0.1, 0.15) is 0 Å². The fourth-order valence-corrected chi connectivity index (χ4v) is 1.56. The first-order chi connectivity index (χ1) is 5.56. The Morgan fingerprint density at radius 1 is 1.25 bits per heavy atom. The van der Waals surface area contributed by atoms with Gasteiger partial charge in [0.25, 0.3) is 0 Å². The molecule has 0 N–H and O–H groups in total. The number of nitrogens with zero attached hydrogens (tertiary/aromatic N) is 1. The molecule has 0 radical (unpaired) electrons. The second-order valence-corrected chi connectivity index (χ2v) is 5.17. The normalized spacial score (nSPS) is 10.8. The van der Waals surface area contributed by atoms with Gasteiger partial charge in [-0.25, -0.2) is 18.2 Å². The van der Waals surface area contributed by atoms with Crippen molar-refractivity contribution < 1.29 is 13.2 Å². The molecule has 0 aliphatic carbocycles. The van der Waals surface area contributed by atoms with E-state index in [-0.39, 0.29) is 5.75 Å². The van der Waals surface area contributed by atoms with E-state index >= 15 is 0 Å². The number of halogens is 1. The highest BCUT2D eigenvalue weighted by Crippen LogP contribution is 2.03. The Morgan fingerprint density at radius 3 is 2.42 bits per heavy atom. The lowest BCUT2D eigenvalue weighted by Crippen LogP contribution is -1.96. The fraction of sp³-hybridized carbons (Fsp3) is 0.833. The van der Waals surface area contributed by atoms with Gasteiger partial charge in [0.05, 0.1) is 12.3 Å². The van der Waals surface area contributed by atoms with Crippen molar-refractivity contribution >= 4 is 25.8 Å². The Hall–Kier alpha value is -0.380. The second-order valence-electron chi connectivity index (χ2n) is 2.28. The zero-order valence-corrected chi connectivity index (χ0v) is 8.07. The van der Waals surface area contributed by atoms with Crippen LogP contribution >= 0.6 is 10.7 Å². The molecule has 0 amide bonds. The summed E-state index contributed by atoms with van der Waals surface area (Å²) in [5.74, 6) is -0.0145. The summed E-state index contributed by atoms with van der Waals surface area (Å²) in [5, 5.41) is 0. The molecule has 12 heavy (non-hydrogen) atoms. The number of rotatable bonds is 6. The summed E-state index contributed by atoms with van der Waals surface area (Å²) >= 11 is 0. The topological polar surface area (TPSA) is 63.6 Å². The summed E-state index contributed by atoms with van der Waals surface area (Å²) < 4.78 is 20.8. The van der Waals surface area contributed by atoms with Crippen LogP contribution in [0.4, 0.5) is 0 Å². The van der Waals surface area contributed by atoms with Gasteiger partial charge in [-0.15, -0.1) is 0 Å². The molecule has 0 rings (SSSR count). The maximum absolute atomic E-state index is 10.4. The van der Waals surface area contributed by atoms with Crippen molar-refractivity contribution in [1.82, 2.24) is 0 Å². The molecule has 4 nitrogen and oxygen atoms in total. The molecule has 0 bridgehead atoms. The largest absolute Gasteiger partial charge is 0.234 e. The minimum Gasteiger partial charge on any atom is -0.212 e. The van der Waals surface area contributed by atoms with E-state index in [2.05, 4.69) is 4.99 Å². The van der Waals surface area contributed by atoms with E-state index in [0.29, 0.717) is 25.8 Å². The summed E-state index contributed by atoms with van der Waals surface area (Å²) in [5.41, 5.74) is 0. The maximum Gasteiger partial charge on any atom is 0.234 e. The molecule has 0 atom stereocenters. The number of hydrogen-bond acceptors (Lipinski definition) is 4. The molecule has 0 aliphatic rings. The van der Waals surface area contributed by atoms with Crippen molar-refractivity contribution in [3.63, 3.8) is 0 Å². The van der Waals surface area contributed by atoms with Crippen LogP contribution < -0.4 is 0 Å². The van der Waals surface area contributed by atoms with Crippen molar-refractivity contribution in [2.75, 3.05) is 12.3 Å². The molecule has 6 heteroatoms. The summed E-state index contributed by atoms with van der Waals surface area (Å²) in [6, 6.07) is 0. The van der Waals surface area contributed by atoms with E-state index in [1.165, 1.54) is 6.08 Å². The number of isocyanates is 1. The lowest BCUT2D eigenvalue weighted by molar-refractivity contribution is 0.561. The number of unbranched alkanes of at least 4 members (excludes halogenated alkanes) is 2. The van der Waals surface area contributed by atoms with E-state index in [0.717, 1.165) is 0 Å². The van der Waals surface area contributed by atoms with Crippen LogP contribution in [0.2, 0.25) is 0 Å². The Balaban J connectivity index is 3.28. The molecule has 0 spiro atoms. The quantitative estimate of drug-likeness (QED) is 0.286. The third-order valence-electron chi connectivity index (χ3n) is 1.22. The van der Waals surface area contributed by atoms with Gasteiger partial charge in [-0.1, -0.05) is 6.42 Å². The first-order valence-electron chi connectivity index (χ1n) is 3.52. The van der Waals surface area contributed by atoms with Crippen LogP contribution in [0.25, 0.3) is 0 Å². The second kappa shape index (κ2) is 6.17. The molecule has 0 aromatic rings. The molecule has 0 unspecified atom stereocenters. The molecule has 70 valence electrons. The Kier molecular flexibility index (Phi) is 5.98. The zero-order valence-electron chi connectivity index (χ0n) is 6.49. The molecule has 0 aliphatic heterocycles. The Bertz CT molecular complexity index is 256. The van der Waals surface area contributed by atoms with Gasteiger partial charge in [-0.3, -0.25) is 0 Å². The summed E-state index contributed by atoms with van der Waals surface area (Å²) in [6.45, 7) is 0.409. The third-order valence-corrected chi connectivity index (χ3v) is 2.46. The molecule has 0 saturated heterocycles. The fourth-order valence-electron chi connectivity index (χ4n) is 0.688. The molecule has 0 heterocycles. The Morgan fingerprint density at radius 2 is 1.92 bits per heavy atom. The maximum atomic E-state index is 10.4. The standard InChI is InChI=1S/C6H10ClNO3S/c7-12(10,11)5-3-1-2-4-8-6-9/h1-5H2. The van der Waals surface area contributed by atoms with Crippen LogP contribution in [0.3, 0.4) is 0 Å². The molecular weight excluding hydrogens is 202 g/mol. The van der Waals surface area contributed by atoms with Crippen molar-refractivity contribution in [3.8, 4) is 0 Å². The number of aliphatic imine (C=N–C) groups is 1. The predicted octanol–water partition coefficient (Wildman–Crippen LogP) is 1.06. The highest BCUT2D eigenvalue weighted by molar-refractivity contribution is 8.13. The molecule has 0 aromatic carbocycles. The van der Waals surface area contributed by atoms with Crippen LogP contribution in [0.5, 0.6) is 0 Å². The van der Waals surface area contributed by atoms with Gasteiger partial charge in [0, 0.05) is 10.7 Å². The first-order valence-corrected chi connectivity index (χ1v) is 6.00. The molecule has 0 fully saturated rings. The lowest BCUT2D eigenvalue weighted by atomic mass is 10.2. The highest BCUT2D eigenvalue weighted by Gasteiger charge is 2.02. The lowest BCUT2D eigenvalue weighted by Gasteiger charge is -1.94. The van der Waals surface area contributed by atoms with Crippen LogP contribution in [-0.2, 0) is 13.8 Å². The van der Waals surface area contributed by atoms with Gasteiger partial charge >= 0.3 is 0 Å². The number of carbonyl (C=O) groups excluding carboxylic acids is 1. The van der Waals surface area contributed by atoms with E-state index in [9.17, 15) is 13.2 Å². The molecule has 0 saturated carbocycles. The summed E-state index contributed by atoms with van der Waals surface area (Å²) in [4.78, 5) is 12.9. The summed E-state index contributed by atoms with van der Waals surface area (Å²) in [6.07, 6.45) is 3.32. The van der Waals surface area contributed by atoms with Crippen LogP contribution in [0.1, 0.15) is 19.3 Å². The number of hydrogen-bond donors (Lipinski definition) is 0. The van der Waals surface area contributed by atoms with Gasteiger partial charge in [-0.2, -0.15) is 0 Å². The SMILES string of the molecule is O=C=NCCCCCS(=O)(=O)Cl. The highest BCUT2D eigenvalue weighted by atomic mass is 35.7. The average molecular weight is 212 g/mol. The Labute approximate surface area is 76.1 Å². The molecular formula is C6H10ClNO3S. The van der Waals surface area contributed by atoms with Crippen LogP contribution in [0, 0.1) is 0 Å². The van der Waals surface area contributed by atoms with Gasteiger partial charge in [0.2, 0.25) is 15.1 Å². The zero-order chi connectivity index (χ0) is 9.45.